The van der Waals surface area contributed by atoms with E-state index in [9.17, 15) is 0 Å². The first kappa shape index (κ1) is 9.89. The molecular formula is C9H13NO3S. The molecule has 0 aliphatic carbocycles. The second kappa shape index (κ2) is 3.84. The third kappa shape index (κ3) is 2.43. The van der Waals surface area contributed by atoms with Crippen molar-refractivity contribution in [3.05, 3.63) is 11.7 Å². The van der Waals surface area contributed by atoms with Crippen molar-refractivity contribution in [1.29, 1.82) is 0 Å². The van der Waals surface area contributed by atoms with Gasteiger partial charge in [0, 0.05) is 0 Å². The van der Waals surface area contributed by atoms with E-state index in [-0.39, 0.29) is 6.10 Å². The Morgan fingerprint density at radius 3 is 3.14 bits per heavy atom. The van der Waals surface area contributed by atoms with Gasteiger partial charge in [0.25, 0.3) is 0 Å². The van der Waals surface area contributed by atoms with Gasteiger partial charge in [0.05, 0.1) is 18.3 Å². The van der Waals surface area contributed by atoms with Gasteiger partial charge in [-0.3, -0.25) is 0 Å². The fourth-order valence-electron chi connectivity index (χ4n) is 1.30. The minimum atomic E-state index is -0.471. The zero-order chi connectivity index (χ0) is 10.0. The Morgan fingerprint density at radius 2 is 2.57 bits per heavy atom. The number of ether oxygens (including phenoxy) is 3. The van der Waals surface area contributed by atoms with Crippen molar-refractivity contribution in [1.82, 2.24) is 4.98 Å². The zero-order valence-electron chi connectivity index (χ0n) is 8.23. The first-order valence-corrected chi connectivity index (χ1v) is 5.37. The van der Waals surface area contributed by atoms with Gasteiger partial charge in [-0.25, -0.2) is 4.98 Å². The molecule has 1 saturated heterocycles. The molecule has 2 rings (SSSR count). The predicted molar refractivity (Wildman–Crippen MR) is 52.5 cm³/mol. The Balaban J connectivity index is 1.78. The predicted octanol–water partition coefficient (Wildman–Crippen LogP) is 1.67. The first-order chi connectivity index (χ1) is 6.66. The molecule has 1 aliphatic rings. The van der Waals surface area contributed by atoms with Crippen LogP contribution < -0.4 is 4.74 Å². The minimum absolute atomic E-state index is 0.0205. The van der Waals surface area contributed by atoms with Crippen molar-refractivity contribution in [3.63, 3.8) is 0 Å². The number of hydrogen-bond acceptors (Lipinski definition) is 5. The molecule has 0 saturated carbocycles. The number of hydrogen-bond donors (Lipinski definition) is 0. The van der Waals surface area contributed by atoms with E-state index >= 15 is 0 Å². The maximum atomic E-state index is 5.58. The summed E-state index contributed by atoms with van der Waals surface area (Å²) in [5, 5.41) is 0.818. The molecule has 0 N–H and O–H groups in total. The van der Waals surface area contributed by atoms with Crippen molar-refractivity contribution in [2.45, 2.75) is 25.7 Å². The number of nitrogens with zero attached hydrogens (tertiary/aromatic N) is 1. The van der Waals surface area contributed by atoms with E-state index in [1.807, 2.05) is 13.8 Å². The van der Waals surface area contributed by atoms with E-state index in [4.69, 9.17) is 14.2 Å². The van der Waals surface area contributed by atoms with Gasteiger partial charge in [0.1, 0.15) is 12.7 Å². The Labute approximate surface area is 86.8 Å². The molecule has 1 aromatic heterocycles. The molecule has 0 bridgehead atoms. The van der Waals surface area contributed by atoms with Crippen LogP contribution in [-0.4, -0.2) is 30.1 Å². The number of rotatable bonds is 3. The fraction of sp³-hybridized carbons (Fsp3) is 0.667. The van der Waals surface area contributed by atoms with Gasteiger partial charge in [-0.05, 0) is 13.8 Å². The van der Waals surface area contributed by atoms with Crippen LogP contribution in [0.4, 0.5) is 0 Å². The summed E-state index contributed by atoms with van der Waals surface area (Å²) in [5.41, 5.74) is 1.74. The summed E-state index contributed by atoms with van der Waals surface area (Å²) < 4.78 is 16.5. The van der Waals surface area contributed by atoms with Crippen molar-refractivity contribution in [2.75, 3.05) is 13.2 Å². The largest absolute Gasteiger partial charge is 0.480 e. The van der Waals surface area contributed by atoms with Crippen molar-refractivity contribution >= 4 is 11.3 Å². The molecule has 0 radical (unpaired) electrons. The Kier molecular flexibility index (Phi) is 2.71. The van der Waals surface area contributed by atoms with Crippen molar-refractivity contribution in [3.8, 4) is 5.06 Å². The molecule has 1 fully saturated rings. The molecule has 4 nitrogen and oxygen atoms in total. The molecule has 0 amide bonds. The zero-order valence-corrected chi connectivity index (χ0v) is 9.04. The normalized spacial score (nSPS) is 25.1. The highest BCUT2D eigenvalue weighted by Crippen LogP contribution is 2.23. The molecule has 1 aliphatic heterocycles. The van der Waals surface area contributed by atoms with Gasteiger partial charge in [-0.2, -0.15) is 0 Å². The summed E-state index contributed by atoms with van der Waals surface area (Å²) >= 11 is 1.48. The number of aromatic nitrogens is 1. The van der Waals surface area contributed by atoms with E-state index in [2.05, 4.69) is 4.98 Å². The van der Waals surface area contributed by atoms with Crippen molar-refractivity contribution < 1.29 is 14.2 Å². The second-order valence-electron chi connectivity index (χ2n) is 3.58. The lowest BCUT2D eigenvalue weighted by molar-refractivity contribution is -0.141. The van der Waals surface area contributed by atoms with E-state index in [1.54, 1.807) is 11.7 Å². The van der Waals surface area contributed by atoms with Crippen LogP contribution >= 0.6 is 11.3 Å². The third-order valence-corrected chi connectivity index (χ3v) is 2.57. The van der Waals surface area contributed by atoms with E-state index in [0.29, 0.717) is 13.2 Å². The molecule has 0 aromatic carbocycles. The molecular weight excluding hydrogens is 202 g/mol. The molecule has 0 spiro atoms. The van der Waals surface area contributed by atoms with Gasteiger partial charge in [0.15, 0.2) is 10.9 Å². The molecule has 5 heteroatoms. The highest BCUT2D eigenvalue weighted by atomic mass is 32.1. The maximum Gasteiger partial charge on any atom is 0.193 e. The highest BCUT2D eigenvalue weighted by Gasteiger charge is 2.32. The van der Waals surface area contributed by atoms with E-state index < -0.39 is 5.79 Å². The van der Waals surface area contributed by atoms with Gasteiger partial charge in [-0.15, -0.1) is 0 Å². The fourth-order valence-corrected chi connectivity index (χ4v) is 1.78. The Morgan fingerprint density at radius 1 is 1.71 bits per heavy atom. The average molecular weight is 215 g/mol. The van der Waals surface area contributed by atoms with Crippen molar-refractivity contribution in [2.24, 2.45) is 0 Å². The summed E-state index contributed by atoms with van der Waals surface area (Å²) in [7, 11) is 0. The molecule has 14 heavy (non-hydrogen) atoms. The molecule has 78 valence electrons. The first-order valence-electron chi connectivity index (χ1n) is 4.49. The topological polar surface area (TPSA) is 40.6 Å². The second-order valence-corrected chi connectivity index (χ2v) is 4.43. The lowest BCUT2D eigenvalue weighted by Gasteiger charge is -2.16. The standard InChI is InChI=1S/C9H13NO3S/c1-9(2)12-5-7(13-9)4-11-8-3-10-6-14-8/h3,6-7H,4-5H2,1-2H3/t7-/m1/s1. The maximum absolute atomic E-state index is 5.58. The Bertz CT molecular complexity index is 286. The van der Waals surface area contributed by atoms with Crippen LogP contribution in [0.5, 0.6) is 5.06 Å². The summed E-state index contributed by atoms with van der Waals surface area (Å²) in [6.07, 6.45) is 1.72. The van der Waals surface area contributed by atoms with Crippen LogP contribution in [0.3, 0.4) is 0 Å². The van der Waals surface area contributed by atoms with Gasteiger partial charge >= 0.3 is 0 Å². The van der Waals surface area contributed by atoms with Crippen LogP contribution in [0.15, 0.2) is 11.7 Å². The van der Waals surface area contributed by atoms with Crippen LogP contribution in [0.2, 0.25) is 0 Å². The molecule has 1 atom stereocenters. The van der Waals surface area contributed by atoms with E-state index in [1.165, 1.54) is 11.3 Å². The lowest BCUT2D eigenvalue weighted by atomic mass is 10.4. The van der Waals surface area contributed by atoms with Gasteiger partial charge in [-0.1, -0.05) is 11.3 Å². The summed E-state index contributed by atoms with van der Waals surface area (Å²) in [6.45, 7) is 4.91. The highest BCUT2D eigenvalue weighted by molar-refractivity contribution is 7.11. The third-order valence-electron chi connectivity index (χ3n) is 1.89. The quantitative estimate of drug-likeness (QED) is 0.769. The minimum Gasteiger partial charge on any atom is -0.480 e. The summed E-state index contributed by atoms with van der Waals surface area (Å²) in [5.74, 6) is -0.471. The van der Waals surface area contributed by atoms with Gasteiger partial charge in [0.2, 0.25) is 0 Å². The molecule has 1 aromatic rings. The molecule has 2 heterocycles. The van der Waals surface area contributed by atoms with Crippen LogP contribution in [0, 0.1) is 0 Å². The number of thiazole rings is 1. The van der Waals surface area contributed by atoms with E-state index in [0.717, 1.165) is 5.06 Å². The monoisotopic (exact) mass is 215 g/mol. The Hall–Kier alpha value is -0.650. The van der Waals surface area contributed by atoms with Crippen LogP contribution in [0.1, 0.15) is 13.8 Å². The average Bonchev–Trinajstić information content (AvgIpc) is 2.70. The van der Waals surface area contributed by atoms with Gasteiger partial charge < -0.3 is 14.2 Å². The smallest absolute Gasteiger partial charge is 0.193 e. The molecule has 0 unspecified atom stereocenters. The van der Waals surface area contributed by atoms with Crippen LogP contribution in [0.25, 0.3) is 0 Å². The summed E-state index contributed by atoms with van der Waals surface area (Å²) in [4.78, 5) is 3.92. The summed E-state index contributed by atoms with van der Waals surface area (Å²) in [6, 6.07) is 0. The van der Waals surface area contributed by atoms with Crippen LogP contribution in [-0.2, 0) is 9.47 Å². The lowest BCUT2D eigenvalue weighted by Crippen LogP contribution is -2.24. The SMILES string of the molecule is CC1(C)OC[C@@H](COc2cncs2)O1.